The van der Waals surface area contributed by atoms with E-state index < -0.39 is 0 Å². The van der Waals surface area contributed by atoms with Crippen LogP contribution in [-0.2, 0) is 6.42 Å². The second-order valence-corrected chi connectivity index (χ2v) is 4.53. The number of nitrogens with two attached hydrogens (primary N) is 1. The quantitative estimate of drug-likeness (QED) is 0.656. The summed E-state index contributed by atoms with van der Waals surface area (Å²) in [7, 11) is 0. The monoisotopic (exact) mass is 262 g/mol. The van der Waals surface area contributed by atoms with Crippen LogP contribution in [0.3, 0.4) is 0 Å². The number of hydrogen-bond acceptors (Lipinski definition) is 2. The molecule has 4 heteroatoms. The summed E-state index contributed by atoms with van der Waals surface area (Å²) < 4.78 is 27.2. The topological polar surface area (TPSA) is 38.0 Å². The molecular formula is C15H16F2N2. The summed E-state index contributed by atoms with van der Waals surface area (Å²) in [6, 6.07) is 11.0. The normalized spacial score (nSPS) is 12.4. The first-order valence-corrected chi connectivity index (χ1v) is 6.07. The second-order valence-electron chi connectivity index (χ2n) is 4.53. The lowest BCUT2D eigenvalue weighted by atomic mass is 9.97. The van der Waals surface area contributed by atoms with E-state index in [0.29, 0.717) is 17.5 Å². The van der Waals surface area contributed by atoms with Crippen LogP contribution < -0.4 is 11.3 Å². The number of benzene rings is 2. The Morgan fingerprint density at radius 2 is 1.89 bits per heavy atom. The first kappa shape index (κ1) is 13.6. The Hall–Kier alpha value is -1.78. The summed E-state index contributed by atoms with van der Waals surface area (Å²) in [4.78, 5) is 0. The van der Waals surface area contributed by atoms with Crippen molar-refractivity contribution in [2.24, 2.45) is 5.84 Å². The zero-order valence-electron chi connectivity index (χ0n) is 10.7. The Morgan fingerprint density at radius 3 is 2.58 bits per heavy atom. The summed E-state index contributed by atoms with van der Waals surface area (Å²) >= 11 is 0. The molecule has 2 rings (SSSR count). The van der Waals surface area contributed by atoms with Gasteiger partial charge < -0.3 is 0 Å². The number of nitrogens with one attached hydrogen (secondary N) is 1. The summed E-state index contributed by atoms with van der Waals surface area (Å²) in [6.45, 7) is 1.70. The van der Waals surface area contributed by atoms with Crippen LogP contribution in [0.5, 0.6) is 0 Å². The van der Waals surface area contributed by atoms with Crippen LogP contribution in [0.2, 0.25) is 0 Å². The molecule has 0 aliphatic carbocycles. The van der Waals surface area contributed by atoms with E-state index in [1.54, 1.807) is 37.3 Å². The fourth-order valence-electron chi connectivity index (χ4n) is 2.10. The van der Waals surface area contributed by atoms with E-state index in [-0.39, 0.29) is 17.7 Å². The van der Waals surface area contributed by atoms with Crippen molar-refractivity contribution in [3.63, 3.8) is 0 Å². The molecule has 0 amide bonds. The maximum atomic E-state index is 14.1. The molecule has 2 nitrogen and oxygen atoms in total. The molecule has 2 aromatic carbocycles. The van der Waals surface area contributed by atoms with Crippen LogP contribution in [0.25, 0.3) is 0 Å². The third kappa shape index (κ3) is 3.16. The largest absolute Gasteiger partial charge is 0.271 e. The van der Waals surface area contributed by atoms with Crippen molar-refractivity contribution in [3.8, 4) is 0 Å². The van der Waals surface area contributed by atoms with Crippen LogP contribution >= 0.6 is 0 Å². The SMILES string of the molecule is Cc1cccc(C(Cc2cccc(F)c2)NN)c1F. The molecule has 2 aromatic rings. The average molecular weight is 262 g/mol. The third-order valence-electron chi connectivity index (χ3n) is 3.13. The van der Waals surface area contributed by atoms with Gasteiger partial charge in [0.1, 0.15) is 11.6 Å². The van der Waals surface area contributed by atoms with Crippen molar-refractivity contribution in [3.05, 3.63) is 70.8 Å². The molecular weight excluding hydrogens is 246 g/mol. The third-order valence-corrected chi connectivity index (χ3v) is 3.13. The average Bonchev–Trinajstić information content (AvgIpc) is 2.40. The number of halogens is 2. The highest BCUT2D eigenvalue weighted by Gasteiger charge is 2.16. The van der Waals surface area contributed by atoms with Crippen LogP contribution in [-0.4, -0.2) is 0 Å². The first-order valence-electron chi connectivity index (χ1n) is 6.07. The van der Waals surface area contributed by atoms with Gasteiger partial charge in [0, 0.05) is 5.56 Å². The van der Waals surface area contributed by atoms with Gasteiger partial charge >= 0.3 is 0 Å². The summed E-state index contributed by atoms with van der Waals surface area (Å²) in [5.74, 6) is 4.92. The van der Waals surface area contributed by atoms with Gasteiger partial charge in [0.2, 0.25) is 0 Å². The van der Waals surface area contributed by atoms with Crippen molar-refractivity contribution in [2.45, 2.75) is 19.4 Å². The van der Waals surface area contributed by atoms with E-state index in [9.17, 15) is 8.78 Å². The molecule has 0 bridgehead atoms. The molecule has 1 unspecified atom stereocenters. The molecule has 0 saturated carbocycles. The summed E-state index contributed by atoms with van der Waals surface area (Å²) in [5.41, 5.74) is 4.42. The van der Waals surface area contributed by atoms with Crippen molar-refractivity contribution < 1.29 is 8.78 Å². The molecule has 100 valence electrons. The van der Waals surface area contributed by atoms with Crippen LogP contribution in [0.1, 0.15) is 22.7 Å². The zero-order valence-corrected chi connectivity index (χ0v) is 10.7. The van der Waals surface area contributed by atoms with E-state index in [4.69, 9.17) is 5.84 Å². The Morgan fingerprint density at radius 1 is 1.16 bits per heavy atom. The fraction of sp³-hybridized carbons (Fsp3) is 0.200. The van der Waals surface area contributed by atoms with E-state index in [2.05, 4.69) is 5.43 Å². The minimum atomic E-state index is -0.387. The van der Waals surface area contributed by atoms with Gasteiger partial charge in [0.15, 0.2) is 0 Å². The van der Waals surface area contributed by atoms with Gasteiger partial charge in [-0.15, -0.1) is 0 Å². The van der Waals surface area contributed by atoms with Gasteiger partial charge in [-0.1, -0.05) is 30.3 Å². The Kier molecular flexibility index (Phi) is 4.24. The Bertz CT molecular complexity index is 570. The highest BCUT2D eigenvalue weighted by Crippen LogP contribution is 2.22. The molecule has 3 N–H and O–H groups in total. The molecule has 0 aromatic heterocycles. The van der Waals surface area contributed by atoms with Gasteiger partial charge in [-0.2, -0.15) is 0 Å². The van der Waals surface area contributed by atoms with Crippen LogP contribution in [0, 0.1) is 18.6 Å². The maximum absolute atomic E-state index is 14.1. The van der Waals surface area contributed by atoms with Gasteiger partial charge in [-0.05, 0) is 36.6 Å². The molecule has 19 heavy (non-hydrogen) atoms. The minimum Gasteiger partial charge on any atom is -0.271 e. The van der Waals surface area contributed by atoms with E-state index in [1.165, 1.54) is 12.1 Å². The first-order chi connectivity index (χ1) is 9.11. The zero-order chi connectivity index (χ0) is 13.8. The molecule has 0 aliphatic rings. The Balaban J connectivity index is 2.28. The van der Waals surface area contributed by atoms with E-state index in [0.717, 1.165) is 5.56 Å². The van der Waals surface area contributed by atoms with E-state index in [1.807, 2.05) is 0 Å². The number of aryl methyl sites for hydroxylation is 1. The maximum Gasteiger partial charge on any atom is 0.130 e. The van der Waals surface area contributed by atoms with Crippen molar-refractivity contribution in [1.82, 2.24) is 5.43 Å². The fourth-order valence-corrected chi connectivity index (χ4v) is 2.10. The van der Waals surface area contributed by atoms with Crippen molar-refractivity contribution in [1.29, 1.82) is 0 Å². The molecule has 0 heterocycles. The molecule has 0 saturated heterocycles. The number of hydrazine groups is 1. The highest BCUT2D eigenvalue weighted by atomic mass is 19.1. The van der Waals surface area contributed by atoms with Gasteiger partial charge in [-0.25, -0.2) is 8.78 Å². The van der Waals surface area contributed by atoms with Crippen molar-refractivity contribution in [2.75, 3.05) is 0 Å². The second kappa shape index (κ2) is 5.91. The lowest BCUT2D eigenvalue weighted by Crippen LogP contribution is -2.30. The van der Waals surface area contributed by atoms with Crippen molar-refractivity contribution >= 4 is 0 Å². The molecule has 0 radical (unpaired) electrons. The standard InChI is InChI=1S/C15H16F2N2/c1-10-4-2-7-13(15(10)17)14(19-18)9-11-5-3-6-12(16)8-11/h2-8,14,19H,9,18H2,1H3. The molecule has 0 fully saturated rings. The smallest absolute Gasteiger partial charge is 0.130 e. The lowest BCUT2D eigenvalue weighted by molar-refractivity contribution is 0.506. The predicted octanol–water partition coefficient (Wildman–Crippen LogP) is 3.02. The molecule has 1 atom stereocenters. The minimum absolute atomic E-state index is 0.276. The Labute approximate surface area is 111 Å². The number of hydrogen-bond donors (Lipinski definition) is 2. The predicted molar refractivity (Wildman–Crippen MR) is 71.3 cm³/mol. The van der Waals surface area contributed by atoms with Gasteiger partial charge in [0.05, 0.1) is 6.04 Å². The van der Waals surface area contributed by atoms with E-state index >= 15 is 0 Å². The summed E-state index contributed by atoms with van der Waals surface area (Å²) in [5, 5.41) is 0. The number of rotatable bonds is 4. The van der Waals surface area contributed by atoms with Gasteiger partial charge in [-0.3, -0.25) is 11.3 Å². The van der Waals surface area contributed by atoms with Crippen LogP contribution in [0.4, 0.5) is 8.78 Å². The lowest BCUT2D eigenvalue weighted by Gasteiger charge is -2.18. The highest BCUT2D eigenvalue weighted by molar-refractivity contribution is 5.29. The van der Waals surface area contributed by atoms with Gasteiger partial charge in [0.25, 0.3) is 0 Å². The molecule has 0 aliphatic heterocycles. The summed E-state index contributed by atoms with van der Waals surface area (Å²) in [6.07, 6.45) is 0.425. The molecule has 0 spiro atoms. The van der Waals surface area contributed by atoms with Crippen LogP contribution in [0.15, 0.2) is 42.5 Å².